The van der Waals surface area contributed by atoms with E-state index in [0.717, 1.165) is 16.9 Å². The standard InChI is InChI=1S/C22H20N4O3/c1-28-18-9-7-16(8-10-18)12-24-20-11-21(27)26(22-19(20)13-23-15-25-22)29-14-17-5-3-2-4-6-17/h2-11,13,15,24H,12,14H2,1H3. The molecule has 0 aliphatic heterocycles. The highest BCUT2D eigenvalue weighted by Gasteiger charge is 2.11. The summed E-state index contributed by atoms with van der Waals surface area (Å²) in [6.45, 7) is 0.806. The number of hydrogen-bond acceptors (Lipinski definition) is 6. The lowest BCUT2D eigenvalue weighted by molar-refractivity contribution is 0.0980. The first-order valence-electron chi connectivity index (χ1n) is 9.14. The maximum atomic E-state index is 12.7. The predicted molar refractivity (Wildman–Crippen MR) is 111 cm³/mol. The highest BCUT2D eigenvalue weighted by molar-refractivity contribution is 5.87. The van der Waals surface area contributed by atoms with Crippen molar-refractivity contribution in [2.75, 3.05) is 12.4 Å². The van der Waals surface area contributed by atoms with Gasteiger partial charge in [-0.25, -0.2) is 9.97 Å². The third-order valence-electron chi connectivity index (χ3n) is 4.49. The van der Waals surface area contributed by atoms with Gasteiger partial charge in [-0.1, -0.05) is 42.5 Å². The zero-order valence-electron chi connectivity index (χ0n) is 15.9. The molecule has 0 spiro atoms. The van der Waals surface area contributed by atoms with E-state index in [-0.39, 0.29) is 12.2 Å². The quantitative estimate of drug-likeness (QED) is 0.524. The number of nitrogens with one attached hydrogen (secondary N) is 1. The molecule has 0 fully saturated rings. The Balaban J connectivity index is 1.59. The van der Waals surface area contributed by atoms with Crippen molar-refractivity contribution >= 4 is 16.7 Å². The van der Waals surface area contributed by atoms with Gasteiger partial charge in [-0.05, 0) is 23.3 Å². The summed E-state index contributed by atoms with van der Waals surface area (Å²) in [6, 6.07) is 18.9. The number of anilines is 1. The lowest BCUT2D eigenvalue weighted by Crippen LogP contribution is -2.27. The van der Waals surface area contributed by atoms with Crippen LogP contribution in [0.25, 0.3) is 11.0 Å². The van der Waals surface area contributed by atoms with Crippen LogP contribution in [0.4, 0.5) is 5.69 Å². The van der Waals surface area contributed by atoms with Crippen LogP contribution in [0.1, 0.15) is 11.1 Å². The van der Waals surface area contributed by atoms with Crippen LogP contribution >= 0.6 is 0 Å². The second-order valence-electron chi connectivity index (χ2n) is 6.41. The third kappa shape index (κ3) is 4.19. The van der Waals surface area contributed by atoms with Crippen LogP contribution in [-0.4, -0.2) is 21.8 Å². The monoisotopic (exact) mass is 388 g/mol. The first-order valence-corrected chi connectivity index (χ1v) is 9.14. The number of fused-ring (bicyclic) bond motifs is 1. The fourth-order valence-electron chi connectivity index (χ4n) is 2.96. The molecule has 4 rings (SSSR count). The summed E-state index contributed by atoms with van der Waals surface area (Å²) in [5.74, 6) is 0.797. The van der Waals surface area contributed by atoms with E-state index in [0.29, 0.717) is 23.3 Å². The molecule has 146 valence electrons. The normalized spacial score (nSPS) is 10.7. The average molecular weight is 388 g/mol. The summed E-state index contributed by atoms with van der Waals surface area (Å²) in [5, 5.41) is 4.00. The van der Waals surface area contributed by atoms with Gasteiger partial charge in [0, 0.05) is 18.8 Å². The van der Waals surface area contributed by atoms with E-state index < -0.39 is 0 Å². The number of nitrogens with zero attached hydrogens (tertiary/aromatic N) is 3. The number of rotatable bonds is 7. The zero-order valence-corrected chi connectivity index (χ0v) is 15.9. The molecule has 7 nitrogen and oxygen atoms in total. The first kappa shape index (κ1) is 18.5. The van der Waals surface area contributed by atoms with Crippen LogP contribution in [0.15, 0.2) is 78.0 Å². The molecule has 2 heterocycles. The van der Waals surface area contributed by atoms with Crippen molar-refractivity contribution in [2.45, 2.75) is 13.2 Å². The van der Waals surface area contributed by atoms with Gasteiger partial charge < -0.3 is 14.9 Å². The molecule has 4 aromatic rings. The summed E-state index contributed by atoms with van der Waals surface area (Å²) in [7, 11) is 1.63. The molecule has 0 saturated carbocycles. The Morgan fingerprint density at radius 3 is 2.59 bits per heavy atom. The molecular formula is C22H20N4O3. The van der Waals surface area contributed by atoms with E-state index in [9.17, 15) is 4.79 Å². The molecule has 2 aromatic heterocycles. The van der Waals surface area contributed by atoms with Crippen molar-refractivity contribution in [3.8, 4) is 5.75 Å². The Kier molecular flexibility index (Phi) is 5.38. The van der Waals surface area contributed by atoms with Gasteiger partial charge in [0.1, 0.15) is 18.7 Å². The molecule has 29 heavy (non-hydrogen) atoms. The lowest BCUT2D eigenvalue weighted by Gasteiger charge is -2.14. The van der Waals surface area contributed by atoms with Gasteiger partial charge in [-0.2, -0.15) is 0 Å². The van der Waals surface area contributed by atoms with E-state index in [2.05, 4.69) is 15.3 Å². The van der Waals surface area contributed by atoms with Crippen molar-refractivity contribution in [3.05, 3.63) is 94.7 Å². The number of benzene rings is 2. The van der Waals surface area contributed by atoms with Crippen molar-refractivity contribution in [2.24, 2.45) is 0 Å². The Morgan fingerprint density at radius 2 is 1.83 bits per heavy atom. The SMILES string of the molecule is COc1ccc(CNc2cc(=O)n(OCc3ccccc3)c3ncncc23)cc1. The Bertz CT molecular complexity index is 1160. The van der Waals surface area contributed by atoms with Gasteiger partial charge in [-0.15, -0.1) is 4.73 Å². The molecule has 0 atom stereocenters. The Morgan fingerprint density at radius 1 is 1.03 bits per heavy atom. The molecule has 0 amide bonds. The maximum Gasteiger partial charge on any atom is 0.287 e. The number of hydrogen-bond donors (Lipinski definition) is 1. The molecule has 0 unspecified atom stereocenters. The fraction of sp³-hybridized carbons (Fsp3) is 0.136. The van der Waals surface area contributed by atoms with Crippen LogP contribution in [0.5, 0.6) is 5.75 Å². The molecule has 0 aliphatic carbocycles. The van der Waals surface area contributed by atoms with E-state index in [1.807, 2.05) is 54.6 Å². The van der Waals surface area contributed by atoms with Gasteiger partial charge in [0.15, 0.2) is 5.65 Å². The Hall–Kier alpha value is -3.87. The Labute approximate surface area is 167 Å². The lowest BCUT2D eigenvalue weighted by atomic mass is 10.2. The second-order valence-corrected chi connectivity index (χ2v) is 6.41. The van der Waals surface area contributed by atoms with Gasteiger partial charge in [0.05, 0.1) is 18.2 Å². The van der Waals surface area contributed by atoms with Crippen LogP contribution in [0, 0.1) is 0 Å². The number of aromatic nitrogens is 3. The topological polar surface area (TPSA) is 78.3 Å². The minimum absolute atomic E-state index is 0.262. The summed E-state index contributed by atoms with van der Waals surface area (Å²) >= 11 is 0. The van der Waals surface area contributed by atoms with Crippen LogP contribution < -0.4 is 20.5 Å². The van der Waals surface area contributed by atoms with E-state index >= 15 is 0 Å². The largest absolute Gasteiger partial charge is 0.497 e. The van der Waals surface area contributed by atoms with Crippen molar-refractivity contribution in [1.29, 1.82) is 0 Å². The molecule has 0 radical (unpaired) electrons. The molecule has 2 aromatic carbocycles. The van der Waals surface area contributed by atoms with E-state index in [4.69, 9.17) is 9.57 Å². The summed E-state index contributed by atoms with van der Waals surface area (Å²) in [6.07, 6.45) is 3.07. The highest BCUT2D eigenvalue weighted by atomic mass is 16.7. The summed E-state index contributed by atoms with van der Waals surface area (Å²) < 4.78 is 6.39. The molecule has 0 bridgehead atoms. The number of ether oxygens (including phenoxy) is 1. The predicted octanol–water partition coefficient (Wildman–Crippen LogP) is 3.04. The van der Waals surface area contributed by atoms with Crippen LogP contribution in [0.3, 0.4) is 0 Å². The average Bonchev–Trinajstić information content (AvgIpc) is 2.78. The van der Waals surface area contributed by atoms with Crippen LogP contribution in [0.2, 0.25) is 0 Å². The molecule has 0 saturated heterocycles. The van der Waals surface area contributed by atoms with E-state index in [1.165, 1.54) is 17.1 Å². The highest BCUT2D eigenvalue weighted by Crippen LogP contribution is 2.20. The van der Waals surface area contributed by atoms with Gasteiger partial charge in [-0.3, -0.25) is 4.79 Å². The van der Waals surface area contributed by atoms with Crippen molar-refractivity contribution in [3.63, 3.8) is 0 Å². The molecule has 1 N–H and O–H groups in total. The fourth-order valence-corrected chi connectivity index (χ4v) is 2.96. The zero-order chi connectivity index (χ0) is 20.1. The van der Waals surface area contributed by atoms with Crippen molar-refractivity contribution < 1.29 is 9.57 Å². The summed E-state index contributed by atoms with van der Waals surface area (Å²) in [4.78, 5) is 26.8. The summed E-state index contributed by atoms with van der Waals surface area (Å²) in [5.41, 5.74) is 2.79. The van der Waals surface area contributed by atoms with Crippen molar-refractivity contribution in [1.82, 2.24) is 14.7 Å². The first-order chi connectivity index (χ1) is 14.2. The molecule has 0 aliphatic rings. The van der Waals surface area contributed by atoms with Crippen LogP contribution in [-0.2, 0) is 13.2 Å². The number of pyridine rings is 1. The van der Waals surface area contributed by atoms with Gasteiger partial charge >= 0.3 is 0 Å². The molecule has 7 heteroatoms. The number of methoxy groups -OCH3 is 1. The van der Waals surface area contributed by atoms with Gasteiger partial charge in [0.25, 0.3) is 5.56 Å². The van der Waals surface area contributed by atoms with E-state index in [1.54, 1.807) is 13.3 Å². The molecular weight excluding hydrogens is 368 g/mol. The maximum absolute atomic E-state index is 12.7. The second kappa shape index (κ2) is 8.43. The minimum atomic E-state index is -0.302. The minimum Gasteiger partial charge on any atom is -0.497 e. The third-order valence-corrected chi connectivity index (χ3v) is 4.49. The smallest absolute Gasteiger partial charge is 0.287 e. The van der Waals surface area contributed by atoms with Gasteiger partial charge in [0.2, 0.25) is 0 Å².